The molecule has 0 aliphatic heterocycles. The molecule has 0 fully saturated rings. The third-order valence-electron chi connectivity index (χ3n) is 15.8. The number of benzene rings is 9. The minimum absolute atomic E-state index is 0.0690. The number of nitrogens with zero attached hydrogens (tertiary/aromatic N) is 1. The fraction of sp³-hybridized carbons (Fsp3) is 0.217. The van der Waals surface area contributed by atoms with E-state index in [2.05, 4.69) is 275 Å². The SMILES string of the molecule is Cc1c(-c2ccc3c(c2)C(C)(C)c2cc(C(C)(C)C)ccc2-3)cc(N(c2ccc(-c3ccccc3)cc2)c2ccc(-c3ccccc3)cc2)cc1-c1ccc2c(c1)C(C)(C)c1cc(C(C)(C)C)ccc1-2. The van der Waals surface area contributed by atoms with Crippen LogP contribution in [0.15, 0.2) is 194 Å². The number of rotatable bonds is 7. The fourth-order valence-electron chi connectivity index (χ4n) is 11.5. The van der Waals surface area contributed by atoms with E-state index in [9.17, 15) is 0 Å². The zero-order valence-electron chi connectivity index (χ0n) is 42.9. The molecule has 0 heterocycles. The molecule has 0 spiro atoms. The van der Waals surface area contributed by atoms with E-state index in [4.69, 9.17) is 0 Å². The van der Waals surface area contributed by atoms with Crippen molar-refractivity contribution in [2.45, 2.75) is 97.8 Å². The maximum absolute atomic E-state index is 2.50. The van der Waals surface area contributed by atoms with Crippen LogP contribution in [0.25, 0.3) is 66.8 Å². The van der Waals surface area contributed by atoms with Gasteiger partial charge in [-0.15, -0.1) is 0 Å². The molecule has 0 N–H and O–H groups in total. The number of hydrogen-bond donors (Lipinski definition) is 0. The number of fused-ring (bicyclic) bond motifs is 6. The van der Waals surface area contributed by atoms with Gasteiger partial charge in [0.1, 0.15) is 0 Å². The van der Waals surface area contributed by atoms with E-state index in [1.165, 1.54) is 106 Å². The number of anilines is 3. The van der Waals surface area contributed by atoms with Crippen molar-refractivity contribution in [1.29, 1.82) is 0 Å². The van der Waals surface area contributed by atoms with Crippen LogP contribution in [0.5, 0.6) is 0 Å². The van der Waals surface area contributed by atoms with Crippen molar-refractivity contribution in [1.82, 2.24) is 0 Å². The van der Waals surface area contributed by atoms with Gasteiger partial charge in [-0.2, -0.15) is 0 Å². The van der Waals surface area contributed by atoms with Gasteiger partial charge >= 0.3 is 0 Å². The van der Waals surface area contributed by atoms with E-state index < -0.39 is 0 Å². The summed E-state index contributed by atoms with van der Waals surface area (Å²) in [5.41, 5.74) is 27.9. The van der Waals surface area contributed by atoms with Gasteiger partial charge in [0.2, 0.25) is 0 Å². The monoisotopic (exact) mass is 908 g/mol. The van der Waals surface area contributed by atoms with Gasteiger partial charge in [0, 0.05) is 27.9 Å². The third-order valence-corrected chi connectivity index (χ3v) is 15.8. The van der Waals surface area contributed by atoms with Crippen LogP contribution in [0.2, 0.25) is 0 Å². The van der Waals surface area contributed by atoms with Crippen molar-refractivity contribution in [3.05, 3.63) is 233 Å². The molecule has 2 aliphatic rings. The molecule has 2 aliphatic carbocycles. The molecule has 0 saturated carbocycles. The highest BCUT2D eigenvalue weighted by Crippen LogP contribution is 2.54. The summed E-state index contributed by atoms with van der Waals surface area (Å²) < 4.78 is 0. The highest BCUT2D eigenvalue weighted by atomic mass is 15.1. The normalized spacial score (nSPS) is 14.2. The highest BCUT2D eigenvalue weighted by molar-refractivity contribution is 5.92. The average molecular weight is 908 g/mol. The van der Waals surface area contributed by atoms with Crippen molar-refractivity contribution in [3.63, 3.8) is 0 Å². The van der Waals surface area contributed by atoms with Crippen LogP contribution in [0.1, 0.15) is 108 Å². The molecule has 0 amide bonds. The lowest BCUT2D eigenvalue weighted by Gasteiger charge is -2.29. The average Bonchev–Trinajstić information content (AvgIpc) is 3.72. The quantitative estimate of drug-likeness (QED) is 0.154. The predicted molar refractivity (Wildman–Crippen MR) is 300 cm³/mol. The van der Waals surface area contributed by atoms with Crippen LogP contribution in [0, 0.1) is 6.92 Å². The molecule has 0 radical (unpaired) electrons. The topological polar surface area (TPSA) is 3.24 Å². The van der Waals surface area contributed by atoms with Gasteiger partial charge in [0.05, 0.1) is 0 Å². The largest absolute Gasteiger partial charge is 0.310 e. The summed E-state index contributed by atoms with van der Waals surface area (Å²) in [6, 6.07) is 73.4. The molecule has 0 aromatic heterocycles. The first-order valence-corrected chi connectivity index (χ1v) is 25.2. The molecule has 0 saturated heterocycles. The summed E-state index contributed by atoms with van der Waals surface area (Å²) in [7, 11) is 0. The van der Waals surface area contributed by atoms with E-state index in [0.717, 1.165) is 17.1 Å². The molecular formula is C69H65N. The summed E-state index contributed by atoms with van der Waals surface area (Å²) in [5.74, 6) is 0. The third kappa shape index (κ3) is 7.62. The van der Waals surface area contributed by atoms with E-state index in [1.54, 1.807) is 0 Å². The molecule has 9 aromatic carbocycles. The highest BCUT2D eigenvalue weighted by Gasteiger charge is 2.38. The van der Waals surface area contributed by atoms with E-state index in [0.29, 0.717) is 0 Å². The molecule has 0 atom stereocenters. The molecule has 346 valence electrons. The first-order chi connectivity index (χ1) is 33.4. The van der Waals surface area contributed by atoms with Gasteiger partial charge < -0.3 is 4.90 Å². The maximum Gasteiger partial charge on any atom is 0.0474 e. The molecule has 0 unspecified atom stereocenters. The van der Waals surface area contributed by atoms with E-state index in [-0.39, 0.29) is 21.7 Å². The van der Waals surface area contributed by atoms with Crippen molar-refractivity contribution in [3.8, 4) is 66.8 Å². The Morgan fingerprint density at radius 1 is 0.300 bits per heavy atom. The van der Waals surface area contributed by atoms with Gasteiger partial charge in [-0.25, -0.2) is 0 Å². The first kappa shape index (κ1) is 45.2. The van der Waals surface area contributed by atoms with Crippen LogP contribution in [0.4, 0.5) is 17.1 Å². The minimum Gasteiger partial charge on any atom is -0.310 e. The van der Waals surface area contributed by atoms with Crippen molar-refractivity contribution >= 4 is 17.1 Å². The Morgan fingerprint density at radius 3 is 0.971 bits per heavy atom. The fourth-order valence-corrected chi connectivity index (χ4v) is 11.5. The first-order valence-electron chi connectivity index (χ1n) is 25.2. The second-order valence-electron chi connectivity index (χ2n) is 23.1. The van der Waals surface area contributed by atoms with Gasteiger partial charge in [-0.1, -0.05) is 215 Å². The van der Waals surface area contributed by atoms with Gasteiger partial charge in [-0.05, 0) is 172 Å². The van der Waals surface area contributed by atoms with Crippen molar-refractivity contribution in [2.24, 2.45) is 0 Å². The van der Waals surface area contributed by atoms with Gasteiger partial charge in [-0.3, -0.25) is 0 Å². The molecule has 1 heteroatoms. The Hall–Kier alpha value is -7.22. The van der Waals surface area contributed by atoms with Crippen LogP contribution in [0.3, 0.4) is 0 Å². The standard InChI is InChI=1S/C69H65N/c1-44-60(49-26-34-56-58-36-28-51(66(2,3)4)40-64(58)68(8,9)62(56)38-49)42-55(43-61(44)50-27-35-57-59-37-29-52(67(5,6)7)41-65(59)69(10,11)63(57)39-50)70(53-30-22-47(23-31-53)45-18-14-12-15-19-45)54-32-24-48(25-33-54)46-20-16-13-17-21-46/h12-43H,1-11H3. The maximum atomic E-state index is 2.50. The van der Waals surface area contributed by atoms with E-state index in [1.807, 2.05) is 0 Å². The van der Waals surface area contributed by atoms with Crippen LogP contribution >= 0.6 is 0 Å². The lowest BCUT2D eigenvalue weighted by atomic mass is 9.78. The second-order valence-corrected chi connectivity index (χ2v) is 23.1. The molecule has 11 rings (SSSR count). The van der Waals surface area contributed by atoms with Crippen molar-refractivity contribution < 1.29 is 0 Å². The summed E-state index contributed by atoms with van der Waals surface area (Å²) in [4.78, 5) is 2.46. The molecular weight excluding hydrogens is 843 g/mol. The Morgan fingerprint density at radius 2 is 0.614 bits per heavy atom. The molecule has 9 aromatic rings. The lowest BCUT2D eigenvalue weighted by Crippen LogP contribution is -2.17. The Labute approximate surface area is 417 Å². The molecule has 70 heavy (non-hydrogen) atoms. The summed E-state index contributed by atoms with van der Waals surface area (Å²) in [5, 5.41) is 0. The Bertz CT molecular complexity index is 3230. The van der Waals surface area contributed by atoms with Crippen LogP contribution in [-0.2, 0) is 21.7 Å². The Kier molecular flexibility index (Phi) is 10.6. The zero-order chi connectivity index (χ0) is 48.9. The lowest BCUT2D eigenvalue weighted by molar-refractivity contribution is 0.584. The smallest absolute Gasteiger partial charge is 0.0474 e. The number of hydrogen-bond acceptors (Lipinski definition) is 1. The minimum atomic E-state index is -0.156. The molecule has 1 nitrogen and oxygen atoms in total. The Balaban J connectivity index is 1.11. The van der Waals surface area contributed by atoms with Gasteiger partial charge in [0.25, 0.3) is 0 Å². The van der Waals surface area contributed by atoms with Gasteiger partial charge in [0.15, 0.2) is 0 Å². The van der Waals surface area contributed by atoms with Crippen LogP contribution < -0.4 is 4.90 Å². The molecule has 0 bridgehead atoms. The summed E-state index contributed by atoms with van der Waals surface area (Å²) in [6.07, 6.45) is 0. The van der Waals surface area contributed by atoms with Crippen molar-refractivity contribution in [2.75, 3.05) is 4.90 Å². The van der Waals surface area contributed by atoms with Crippen LogP contribution in [-0.4, -0.2) is 0 Å². The predicted octanol–water partition coefficient (Wildman–Crippen LogP) is 19.3. The summed E-state index contributed by atoms with van der Waals surface area (Å²) in [6.45, 7) is 25.9. The zero-order valence-corrected chi connectivity index (χ0v) is 42.9. The van der Waals surface area contributed by atoms with E-state index >= 15 is 0 Å². The summed E-state index contributed by atoms with van der Waals surface area (Å²) >= 11 is 0. The second kappa shape index (κ2) is 16.5.